The molecule has 154 valence electrons. The molecule has 0 amide bonds. The molecule has 0 fully saturated rings. The van der Waals surface area contributed by atoms with Gasteiger partial charge in [0.15, 0.2) is 0 Å². The Bertz CT molecular complexity index is 1060. The molecular formula is C22H23N5O2S. The quantitative estimate of drug-likeness (QED) is 0.313. The van der Waals surface area contributed by atoms with E-state index < -0.39 is 6.10 Å². The standard InChI is InChI=1S/C22H23N5O2S/c1-16(28)17-7-9-18(10-8-17)21-12-11-20(29-21)15-23-13-14-30-22-24-25-26-27(22)19-5-3-2-4-6-19/h2-12,16,23,28H,13-15H2,1H3/t16-/m1/s1. The average molecular weight is 422 g/mol. The number of thioether (sulfide) groups is 1. The van der Waals surface area contributed by atoms with Gasteiger partial charge in [0.05, 0.1) is 18.3 Å². The first kappa shape index (κ1) is 20.3. The number of nitrogens with one attached hydrogen (secondary N) is 1. The van der Waals surface area contributed by atoms with Gasteiger partial charge in [0.1, 0.15) is 11.5 Å². The zero-order chi connectivity index (χ0) is 20.8. The van der Waals surface area contributed by atoms with Crippen LogP contribution in [0.3, 0.4) is 0 Å². The molecule has 0 aliphatic carbocycles. The second kappa shape index (κ2) is 9.71. The zero-order valence-corrected chi connectivity index (χ0v) is 17.4. The normalized spacial score (nSPS) is 12.2. The largest absolute Gasteiger partial charge is 0.460 e. The number of aliphatic hydroxyl groups excluding tert-OH is 1. The van der Waals surface area contributed by atoms with Crippen molar-refractivity contribution >= 4 is 11.8 Å². The molecule has 0 spiro atoms. The lowest BCUT2D eigenvalue weighted by Crippen LogP contribution is -2.16. The van der Waals surface area contributed by atoms with Crippen molar-refractivity contribution in [3.63, 3.8) is 0 Å². The lowest BCUT2D eigenvalue weighted by molar-refractivity contribution is 0.199. The molecule has 0 aliphatic heterocycles. The summed E-state index contributed by atoms with van der Waals surface area (Å²) in [5.74, 6) is 2.53. The maximum atomic E-state index is 9.62. The summed E-state index contributed by atoms with van der Waals surface area (Å²) in [5.41, 5.74) is 2.83. The van der Waals surface area contributed by atoms with Crippen LogP contribution >= 0.6 is 11.8 Å². The first-order valence-corrected chi connectivity index (χ1v) is 10.7. The van der Waals surface area contributed by atoms with Crippen LogP contribution in [-0.4, -0.2) is 37.6 Å². The number of furan rings is 1. The van der Waals surface area contributed by atoms with Gasteiger partial charge in [0.2, 0.25) is 5.16 Å². The molecule has 0 unspecified atom stereocenters. The Morgan fingerprint density at radius 2 is 1.87 bits per heavy atom. The molecule has 2 aromatic heterocycles. The van der Waals surface area contributed by atoms with Gasteiger partial charge in [-0.05, 0) is 47.2 Å². The maximum Gasteiger partial charge on any atom is 0.214 e. The molecule has 0 radical (unpaired) electrons. The molecule has 0 aliphatic rings. The first-order chi connectivity index (χ1) is 14.7. The monoisotopic (exact) mass is 421 g/mol. The number of tetrazole rings is 1. The summed E-state index contributed by atoms with van der Waals surface area (Å²) in [7, 11) is 0. The van der Waals surface area contributed by atoms with Crippen molar-refractivity contribution < 1.29 is 9.52 Å². The van der Waals surface area contributed by atoms with Gasteiger partial charge in [-0.25, -0.2) is 0 Å². The predicted molar refractivity (Wildman–Crippen MR) is 116 cm³/mol. The molecule has 0 saturated carbocycles. The van der Waals surface area contributed by atoms with E-state index >= 15 is 0 Å². The fourth-order valence-corrected chi connectivity index (χ4v) is 3.77. The van der Waals surface area contributed by atoms with E-state index in [0.717, 1.165) is 45.8 Å². The molecule has 8 heteroatoms. The fraction of sp³-hybridized carbons (Fsp3) is 0.227. The summed E-state index contributed by atoms with van der Waals surface area (Å²) in [6, 6.07) is 21.6. The summed E-state index contributed by atoms with van der Waals surface area (Å²) >= 11 is 1.60. The second-order valence-corrected chi connectivity index (χ2v) is 7.86. The lowest BCUT2D eigenvalue weighted by atomic mass is 10.1. The average Bonchev–Trinajstić information content (AvgIpc) is 3.44. The second-order valence-electron chi connectivity index (χ2n) is 6.80. The van der Waals surface area contributed by atoms with Gasteiger partial charge in [-0.1, -0.05) is 54.2 Å². The van der Waals surface area contributed by atoms with Crippen LogP contribution in [-0.2, 0) is 6.54 Å². The number of hydrogen-bond donors (Lipinski definition) is 2. The highest BCUT2D eigenvalue weighted by Crippen LogP contribution is 2.24. The molecule has 0 saturated heterocycles. The van der Waals surface area contributed by atoms with Crippen molar-refractivity contribution in [3.8, 4) is 17.0 Å². The van der Waals surface area contributed by atoms with Crippen LogP contribution < -0.4 is 5.32 Å². The topological polar surface area (TPSA) is 89.0 Å². The Morgan fingerprint density at radius 1 is 1.07 bits per heavy atom. The molecule has 2 aromatic carbocycles. The van der Waals surface area contributed by atoms with Gasteiger partial charge in [-0.2, -0.15) is 4.68 Å². The highest BCUT2D eigenvalue weighted by atomic mass is 32.2. The predicted octanol–water partition coefficient (Wildman–Crippen LogP) is 3.86. The van der Waals surface area contributed by atoms with E-state index in [9.17, 15) is 5.11 Å². The van der Waals surface area contributed by atoms with Crippen molar-refractivity contribution in [2.75, 3.05) is 12.3 Å². The Labute approximate surface area is 179 Å². The molecule has 1 atom stereocenters. The minimum atomic E-state index is -0.467. The van der Waals surface area contributed by atoms with E-state index in [1.807, 2.05) is 66.7 Å². The number of benzene rings is 2. The third kappa shape index (κ3) is 4.96. The molecule has 0 bridgehead atoms. The van der Waals surface area contributed by atoms with Gasteiger partial charge in [0, 0.05) is 17.9 Å². The van der Waals surface area contributed by atoms with Crippen LogP contribution in [0.25, 0.3) is 17.0 Å². The Morgan fingerprint density at radius 3 is 2.63 bits per heavy atom. The Kier molecular flexibility index (Phi) is 6.58. The van der Waals surface area contributed by atoms with Gasteiger partial charge in [-0.3, -0.25) is 0 Å². The smallest absolute Gasteiger partial charge is 0.214 e. The summed E-state index contributed by atoms with van der Waals surface area (Å²) in [6.07, 6.45) is -0.467. The van der Waals surface area contributed by atoms with E-state index in [1.165, 1.54) is 0 Å². The molecule has 2 N–H and O–H groups in total. The number of rotatable bonds is 9. The van der Waals surface area contributed by atoms with Gasteiger partial charge >= 0.3 is 0 Å². The van der Waals surface area contributed by atoms with Crippen molar-refractivity contribution in [1.82, 2.24) is 25.5 Å². The van der Waals surface area contributed by atoms with E-state index in [2.05, 4.69) is 20.8 Å². The van der Waals surface area contributed by atoms with Crippen molar-refractivity contribution in [3.05, 3.63) is 78.1 Å². The highest BCUT2D eigenvalue weighted by Gasteiger charge is 2.09. The molecule has 4 aromatic rings. The molecule has 4 rings (SSSR count). The Hall–Kier alpha value is -2.94. The first-order valence-electron chi connectivity index (χ1n) is 9.75. The number of hydrogen-bond acceptors (Lipinski definition) is 7. The number of aliphatic hydroxyl groups is 1. The van der Waals surface area contributed by atoms with Crippen LogP contribution in [0.4, 0.5) is 0 Å². The van der Waals surface area contributed by atoms with Crippen molar-refractivity contribution in [1.29, 1.82) is 0 Å². The molecule has 30 heavy (non-hydrogen) atoms. The van der Waals surface area contributed by atoms with Crippen LogP contribution in [0.5, 0.6) is 0 Å². The zero-order valence-electron chi connectivity index (χ0n) is 16.6. The SMILES string of the molecule is C[C@@H](O)c1ccc(-c2ccc(CNCCSc3nnnn3-c3ccccc3)o2)cc1. The summed E-state index contributed by atoms with van der Waals surface area (Å²) < 4.78 is 7.67. The number of para-hydroxylation sites is 1. The summed E-state index contributed by atoms with van der Waals surface area (Å²) in [6.45, 7) is 3.20. The Balaban J connectivity index is 1.25. The van der Waals surface area contributed by atoms with Crippen LogP contribution in [0.2, 0.25) is 0 Å². The van der Waals surface area contributed by atoms with E-state index in [-0.39, 0.29) is 0 Å². The van der Waals surface area contributed by atoms with E-state index in [0.29, 0.717) is 6.54 Å². The molecule has 7 nitrogen and oxygen atoms in total. The van der Waals surface area contributed by atoms with Gasteiger partial charge in [-0.15, -0.1) is 5.10 Å². The number of aromatic nitrogens is 4. The van der Waals surface area contributed by atoms with E-state index in [1.54, 1.807) is 23.4 Å². The summed E-state index contributed by atoms with van der Waals surface area (Å²) in [5, 5.41) is 25.7. The lowest BCUT2D eigenvalue weighted by Gasteiger charge is -2.05. The minimum absolute atomic E-state index is 0.467. The highest BCUT2D eigenvalue weighted by molar-refractivity contribution is 7.99. The summed E-state index contributed by atoms with van der Waals surface area (Å²) in [4.78, 5) is 0. The maximum absolute atomic E-state index is 9.62. The molecular weight excluding hydrogens is 398 g/mol. The van der Waals surface area contributed by atoms with E-state index in [4.69, 9.17) is 4.42 Å². The fourth-order valence-electron chi connectivity index (χ4n) is 2.98. The number of nitrogens with zero attached hydrogens (tertiary/aromatic N) is 4. The third-order valence-electron chi connectivity index (χ3n) is 4.59. The van der Waals surface area contributed by atoms with Crippen LogP contribution in [0, 0.1) is 0 Å². The minimum Gasteiger partial charge on any atom is -0.460 e. The van der Waals surface area contributed by atoms with Crippen molar-refractivity contribution in [2.45, 2.75) is 24.7 Å². The van der Waals surface area contributed by atoms with Gasteiger partial charge < -0.3 is 14.8 Å². The van der Waals surface area contributed by atoms with Gasteiger partial charge in [0.25, 0.3) is 0 Å². The van der Waals surface area contributed by atoms with Crippen LogP contribution in [0.1, 0.15) is 24.4 Å². The van der Waals surface area contributed by atoms with Crippen molar-refractivity contribution in [2.24, 2.45) is 0 Å². The third-order valence-corrected chi connectivity index (χ3v) is 5.51. The van der Waals surface area contributed by atoms with Crippen LogP contribution in [0.15, 0.2) is 76.3 Å². The molecule has 2 heterocycles.